The number of aromatic nitrogens is 3. The molecule has 1 amide bonds. The summed E-state index contributed by atoms with van der Waals surface area (Å²) in [5.41, 5.74) is 2.19. The van der Waals surface area contributed by atoms with Crippen LogP contribution in [0, 0.1) is 0 Å². The highest BCUT2D eigenvalue weighted by Crippen LogP contribution is 2.25. The second-order valence-electron chi connectivity index (χ2n) is 5.04. The Labute approximate surface area is 138 Å². The first-order valence-electron chi connectivity index (χ1n) is 7.39. The van der Waals surface area contributed by atoms with E-state index >= 15 is 0 Å². The van der Waals surface area contributed by atoms with Gasteiger partial charge in [-0.3, -0.25) is 9.78 Å². The van der Waals surface area contributed by atoms with E-state index in [1.165, 1.54) is 16.9 Å². The number of carbonyl (C=O) groups is 1. The van der Waals surface area contributed by atoms with E-state index in [-0.39, 0.29) is 5.91 Å². The molecule has 3 aromatic rings. The maximum Gasteiger partial charge on any atom is 0.226 e. The number of hydrogen-bond donors (Lipinski definition) is 1. The molecule has 0 bridgehead atoms. The lowest BCUT2D eigenvalue weighted by Crippen LogP contribution is -2.11. The number of benzene rings is 1. The van der Waals surface area contributed by atoms with E-state index in [1.807, 2.05) is 30.3 Å². The highest BCUT2D eigenvalue weighted by Gasteiger charge is 2.09. The van der Waals surface area contributed by atoms with Gasteiger partial charge in [-0.1, -0.05) is 41.7 Å². The number of anilines is 1. The molecule has 0 aliphatic heterocycles. The minimum Gasteiger partial charge on any atom is -0.301 e. The van der Waals surface area contributed by atoms with Crippen LogP contribution in [-0.4, -0.2) is 21.1 Å². The van der Waals surface area contributed by atoms with Crippen molar-refractivity contribution in [3.8, 4) is 10.6 Å². The van der Waals surface area contributed by atoms with Crippen LogP contribution in [0.2, 0.25) is 0 Å². The van der Waals surface area contributed by atoms with Crippen molar-refractivity contribution in [2.24, 2.45) is 0 Å². The summed E-state index contributed by atoms with van der Waals surface area (Å²) in [6.45, 7) is 0. The lowest BCUT2D eigenvalue weighted by molar-refractivity contribution is -0.116. The van der Waals surface area contributed by atoms with Gasteiger partial charge in [0.25, 0.3) is 0 Å². The highest BCUT2D eigenvalue weighted by atomic mass is 32.1. The number of hydrogen-bond acceptors (Lipinski definition) is 5. The molecular formula is C17H16N4OS. The summed E-state index contributed by atoms with van der Waals surface area (Å²) in [6, 6.07) is 13.9. The molecule has 2 aromatic heterocycles. The maximum atomic E-state index is 12.0. The Hall–Kier alpha value is -2.60. The van der Waals surface area contributed by atoms with Gasteiger partial charge in [-0.25, -0.2) is 0 Å². The molecule has 0 radical (unpaired) electrons. The van der Waals surface area contributed by atoms with E-state index in [2.05, 4.69) is 32.6 Å². The standard InChI is InChI=1S/C17H16N4OS/c22-15(8-4-7-13-5-2-1-3-6-13)19-17-21-20-16(23-17)14-9-11-18-12-10-14/h1-3,5-6,9-12H,4,7-8H2,(H,19,21,22). The average molecular weight is 324 g/mol. The molecule has 2 heterocycles. The molecule has 0 saturated heterocycles. The zero-order valence-corrected chi connectivity index (χ0v) is 13.3. The minimum absolute atomic E-state index is 0.0293. The Morgan fingerprint density at radius 3 is 2.61 bits per heavy atom. The van der Waals surface area contributed by atoms with Crippen LogP contribution in [0.5, 0.6) is 0 Å². The number of rotatable bonds is 6. The smallest absolute Gasteiger partial charge is 0.226 e. The number of amides is 1. The van der Waals surface area contributed by atoms with Crippen LogP contribution in [0.4, 0.5) is 5.13 Å². The predicted octanol–water partition coefficient (Wildman–Crippen LogP) is 3.56. The summed E-state index contributed by atoms with van der Waals surface area (Å²) < 4.78 is 0. The van der Waals surface area contributed by atoms with Crippen LogP contribution in [0.3, 0.4) is 0 Å². The molecule has 116 valence electrons. The third-order valence-electron chi connectivity index (χ3n) is 3.31. The number of nitrogens with zero attached hydrogens (tertiary/aromatic N) is 3. The van der Waals surface area contributed by atoms with Gasteiger partial charge in [-0.15, -0.1) is 10.2 Å². The normalized spacial score (nSPS) is 10.4. The fourth-order valence-corrected chi connectivity index (χ4v) is 2.93. The Morgan fingerprint density at radius 1 is 1.04 bits per heavy atom. The molecule has 1 aromatic carbocycles. The molecule has 0 spiro atoms. The average Bonchev–Trinajstić information content (AvgIpc) is 3.05. The van der Waals surface area contributed by atoms with Crippen LogP contribution in [0.15, 0.2) is 54.9 Å². The molecule has 0 unspecified atom stereocenters. The molecule has 0 saturated carbocycles. The zero-order valence-electron chi connectivity index (χ0n) is 12.5. The SMILES string of the molecule is O=C(CCCc1ccccc1)Nc1nnc(-c2ccncc2)s1. The summed E-state index contributed by atoms with van der Waals surface area (Å²) in [6.07, 6.45) is 5.59. The summed E-state index contributed by atoms with van der Waals surface area (Å²) in [4.78, 5) is 15.9. The molecule has 1 N–H and O–H groups in total. The minimum atomic E-state index is -0.0293. The van der Waals surface area contributed by atoms with Gasteiger partial charge in [0.2, 0.25) is 11.0 Å². The second-order valence-corrected chi connectivity index (χ2v) is 6.01. The van der Waals surface area contributed by atoms with Gasteiger partial charge < -0.3 is 5.32 Å². The van der Waals surface area contributed by atoms with E-state index in [1.54, 1.807) is 12.4 Å². The van der Waals surface area contributed by atoms with Crippen LogP contribution >= 0.6 is 11.3 Å². The molecule has 0 aliphatic carbocycles. The van der Waals surface area contributed by atoms with Crippen molar-refractivity contribution >= 4 is 22.4 Å². The van der Waals surface area contributed by atoms with Crippen LogP contribution < -0.4 is 5.32 Å². The number of carbonyl (C=O) groups excluding carboxylic acids is 1. The summed E-state index contributed by atoms with van der Waals surface area (Å²) in [5, 5.41) is 12.2. The molecule has 23 heavy (non-hydrogen) atoms. The second kappa shape index (κ2) is 7.60. The summed E-state index contributed by atoms with van der Waals surface area (Å²) in [7, 11) is 0. The van der Waals surface area contributed by atoms with Gasteiger partial charge in [0.1, 0.15) is 5.01 Å². The fraction of sp³-hybridized carbons (Fsp3) is 0.176. The molecule has 3 rings (SSSR count). The first-order valence-corrected chi connectivity index (χ1v) is 8.20. The maximum absolute atomic E-state index is 12.0. The Kier molecular flexibility index (Phi) is 5.06. The topological polar surface area (TPSA) is 67.8 Å². The molecule has 6 heteroatoms. The molecule has 0 fully saturated rings. The van der Waals surface area contributed by atoms with Gasteiger partial charge in [-0.2, -0.15) is 0 Å². The van der Waals surface area contributed by atoms with Crippen molar-refractivity contribution in [3.05, 3.63) is 60.4 Å². The van der Waals surface area contributed by atoms with Crippen LogP contribution in [0.25, 0.3) is 10.6 Å². The number of nitrogens with one attached hydrogen (secondary N) is 1. The lowest BCUT2D eigenvalue weighted by Gasteiger charge is -2.01. The van der Waals surface area contributed by atoms with Gasteiger partial charge in [0.15, 0.2) is 0 Å². The van der Waals surface area contributed by atoms with Crippen molar-refractivity contribution in [1.82, 2.24) is 15.2 Å². The fourth-order valence-electron chi connectivity index (χ4n) is 2.16. The van der Waals surface area contributed by atoms with Gasteiger partial charge in [0.05, 0.1) is 0 Å². The van der Waals surface area contributed by atoms with Gasteiger partial charge in [0, 0.05) is 24.4 Å². The van der Waals surface area contributed by atoms with Gasteiger partial charge in [-0.05, 0) is 30.5 Å². The van der Waals surface area contributed by atoms with E-state index in [0.717, 1.165) is 23.4 Å². The summed E-state index contributed by atoms with van der Waals surface area (Å²) >= 11 is 1.36. The van der Waals surface area contributed by atoms with Crippen molar-refractivity contribution in [2.75, 3.05) is 5.32 Å². The first kappa shape index (κ1) is 15.3. The van der Waals surface area contributed by atoms with Crippen molar-refractivity contribution in [2.45, 2.75) is 19.3 Å². The van der Waals surface area contributed by atoms with Crippen molar-refractivity contribution in [3.63, 3.8) is 0 Å². The van der Waals surface area contributed by atoms with E-state index in [4.69, 9.17) is 0 Å². The first-order chi connectivity index (χ1) is 11.3. The monoisotopic (exact) mass is 324 g/mol. The summed E-state index contributed by atoms with van der Waals surface area (Å²) in [5.74, 6) is -0.0293. The molecule has 0 atom stereocenters. The van der Waals surface area contributed by atoms with E-state index < -0.39 is 0 Å². The quantitative estimate of drug-likeness (QED) is 0.753. The third-order valence-corrected chi connectivity index (χ3v) is 4.20. The molecule has 0 aliphatic rings. The van der Waals surface area contributed by atoms with E-state index in [0.29, 0.717) is 11.6 Å². The Morgan fingerprint density at radius 2 is 1.83 bits per heavy atom. The number of aryl methyl sites for hydroxylation is 1. The lowest BCUT2D eigenvalue weighted by atomic mass is 10.1. The molecular weight excluding hydrogens is 308 g/mol. The highest BCUT2D eigenvalue weighted by molar-refractivity contribution is 7.18. The van der Waals surface area contributed by atoms with Crippen LogP contribution in [0.1, 0.15) is 18.4 Å². The Bertz CT molecular complexity index is 759. The Balaban J connectivity index is 1.49. The third kappa shape index (κ3) is 4.43. The zero-order chi connectivity index (χ0) is 15.9. The predicted molar refractivity (Wildman–Crippen MR) is 91.1 cm³/mol. The number of pyridine rings is 1. The molecule has 5 nitrogen and oxygen atoms in total. The van der Waals surface area contributed by atoms with Crippen molar-refractivity contribution < 1.29 is 4.79 Å². The van der Waals surface area contributed by atoms with Gasteiger partial charge >= 0.3 is 0 Å². The van der Waals surface area contributed by atoms with Crippen molar-refractivity contribution in [1.29, 1.82) is 0 Å². The largest absolute Gasteiger partial charge is 0.301 e. The van der Waals surface area contributed by atoms with E-state index in [9.17, 15) is 4.79 Å². The van der Waals surface area contributed by atoms with Crippen LogP contribution in [-0.2, 0) is 11.2 Å².